The highest BCUT2D eigenvalue weighted by Gasteiger charge is 2.32. The number of hydrogen-bond acceptors (Lipinski definition) is 12. The lowest BCUT2D eigenvalue weighted by Gasteiger charge is -2.28. The van der Waals surface area contributed by atoms with Gasteiger partial charge in [0.2, 0.25) is 41.4 Å². The van der Waals surface area contributed by atoms with Gasteiger partial charge in [0.1, 0.15) is 24.2 Å². The van der Waals surface area contributed by atoms with E-state index in [1.54, 1.807) is 13.8 Å². The maximum Gasteiger partial charge on any atom is 0.305 e. The van der Waals surface area contributed by atoms with Gasteiger partial charge in [-0.1, -0.05) is 27.7 Å². The van der Waals surface area contributed by atoms with Crippen LogP contribution in [-0.2, 0) is 38.4 Å². The normalized spacial score (nSPS) is 13.7. The van der Waals surface area contributed by atoms with Crippen molar-refractivity contribution in [1.29, 1.82) is 0 Å². The summed E-state index contributed by atoms with van der Waals surface area (Å²) >= 11 is 4.17. The highest BCUT2D eigenvalue weighted by atomic mass is 32.1. The number of carboxylic acid groups (broad SMARTS) is 1. The number of nitrogens with zero attached hydrogens (tertiary/aromatic N) is 1. The predicted octanol–water partition coefficient (Wildman–Crippen LogP) is -3.13. The van der Waals surface area contributed by atoms with Crippen molar-refractivity contribution < 1.29 is 53.4 Å². The summed E-state index contributed by atoms with van der Waals surface area (Å²) < 4.78 is 0. The number of carbonyl (C=O) groups excluding carboxylic acids is 8. The molecule has 0 unspecified atom stereocenters. The third-order valence-corrected chi connectivity index (χ3v) is 8.17. The number of nitrogens with one attached hydrogen (secondary N) is 5. The molecule has 0 fully saturated rings. The van der Waals surface area contributed by atoms with Crippen molar-refractivity contribution in [3.63, 3.8) is 0 Å². The Morgan fingerprint density at radius 3 is 1.89 bits per heavy atom. The molecule has 0 bridgehead atoms. The van der Waals surface area contributed by atoms with Crippen molar-refractivity contribution in [2.24, 2.45) is 29.0 Å². The highest BCUT2D eigenvalue weighted by Crippen LogP contribution is 2.18. The van der Waals surface area contributed by atoms with Crippen LogP contribution < -0.4 is 48.7 Å². The Morgan fingerprint density at radius 1 is 0.800 bits per heavy atom. The summed E-state index contributed by atoms with van der Waals surface area (Å²) in [6.45, 7) is 5.25. The van der Waals surface area contributed by atoms with Gasteiger partial charge in [0.25, 0.3) is 5.91 Å². The molecular formula is C34H53N9O11S. The molecule has 0 heterocycles. The monoisotopic (exact) mass is 795 g/mol. The molecular weight excluding hydrogens is 742 g/mol. The Balaban J connectivity index is 3.08. The first kappa shape index (κ1) is 47.7. The highest BCUT2D eigenvalue weighted by molar-refractivity contribution is 7.80. The number of primary amides is 2. The number of carboxylic acids is 1. The van der Waals surface area contributed by atoms with Crippen LogP contribution in [0.1, 0.15) is 63.7 Å². The number of aliphatic hydroxyl groups is 1. The van der Waals surface area contributed by atoms with E-state index in [2.05, 4.69) is 39.2 Å². The van der Waals surface area contributed by atoms with E-state index in [0.717, 1.165) is 4.90 Å². The second-order valence-electron chi connectivity index (χ2n) is 13.3. The molecule has 8 amide bonds. The van der Waals surface area contributed by atoms with Crippen LogP contribution in [0.2, 0.25) is 0 Å². The third kappa shape index (κ3) is 16.7. The number of rotatable bonds is 24. The molecule has 1 rings (SSSR count). The molecule has 0 saturated carbocycles. The van der Waals surface area contributed by atoms with Crippen LogP contribution in [0.25, 0.3) is 0 Å². The van der Waals surface area contributed by atoms with Crippen LogP contribution in [0.15, 0.2) is 24.3 Å². The van der Waals surface area contributed by atoms with Crippen LogP contribution in [0.5, 0.6) is 0 Å². The number of nitrogens with two attached hydrogens (primary N) is 3. The van der Waals surface area contributed by atoms with Gasteiger partial charge in [0, 0.05) is 30.0 Å². The molecule has 0 aliphatic rings. The SMILES string of the molecule is CC(C)C[C@H](NC(=O)c1ccc(N(CCS)C(=O)[C@H](CC(=O)O)NC(=O)[C@H](CO)NC(=O)CNC(=O)[C@H](CCC(N)=O)NC(=O)[C@@H](N)C(C)C)cc1)C(N)=O. The Kier molecular flexibility index (Phi) is 20.4. The molecule has 55 heavy (non-hydrogen) atoms. The van der Waals surface area contributed by atoms with E-state index in [4.69, 9.17) is 17.2 Å². The van der Waals surface area contributed by atoms with E-state index in [9.17, 15) is 53.4 Å². The number of benzene rings is 1. The van der Waals surface area contributed by atoms with E-state index in [1.807, 2.05) is 13.8 Å². The minimum atomic E-state index is -1.71. The number of amides is 8. The van der Waals surface area contributed by atoms with E-state index < -0.39 is 103 Å². The van der Waals surface area contributed by atoms with Crippen molar-refractivity contribution in [3.05, 3.63) is 29.8 Å². The minimum Gasteiger partial charge on any atom is -0.481 e. The molecule has 0 saturated heterocycles. The molecule has 0 spiro atoms. The average molecular weight is 796 g/mol. The number of aliphatic carboxylic acids is 1. The standard InChI is InChI=1S/C34H53N9O11S/c1-17(2)13-22(29(37)49)41-30(50)19-5-7-20(8-6-19)43(11-12-55)34(54)23(14-27(47)48)42-32(52)24(16-44)39-26(46)15-38-31(51)21(9-10-25(35)45)40-33(53)28(36)18(3)4/h5-8,17-18,21-24,28,44,55H,9-16,36H2,1-4H3,(H2,35,45)(H2,37,49)(H,38,51)(H,39,46)(H,40,53)(H,41,50)(H,42,52)(H,47,48)/t21-,22-,23-,24-,28-/m0/s1. The molecule has 0 aliphatic heterocycles. The second kappa shape index (κ2) is 23.5. The number of anilines is 1. The van der Waals surface area contributed by atoms with Crippen LogP contribution in [0.4, 0.5) is 5.69 Å². The average Bonchev–Trinajstić information content (AvgIpc) is 3.11. The molecule has 0 aliphatic carbocycles. The summed E-state index contributed by atoms with van der Waals surface area (Å²) in [5.74, 6) is -8.25. The van der Waals surface area contributed by atoms with Gasteiger partial charge in [0.15, 0.2) is 0 Å². The van der Waals surface area contributed by atoms with Crippen molar-refractivity contribution in [1.82, 2.24) is 26.6 Å². The Hall–Kier alpha value is -5.28. The van der Waals surface area contributed by atoms with Gasteiger partial charge in [-0.05, 0) is 48.9 Å². The van der Waals surface area contributed by atoms with Crippen molar-refractivity contribution >= 4 is 71.5 Å². The van der Waals surface area contributed by atoms with E-state index in [-0.39, 0.29) is 48.2 Å². The van der Waals surface area contributed by atoms with Crippen LogP contribution in [-0.4, -0.2) is 119 Å². The summed E-state index contributed by atoms with van der Waals surface area (Å²) in [6, 6.07) is -1.09. The lowest BCUT2D eigenvalue weighted by molar-refractivity contribution is -0.140. The first-order chi connectivity index (χ1) is 25.7. The molecule has 0 aromatic heterocycles. The zero-order chi connectivity index (χ0) is 42.0. The number of thiol groups is 1. The largest absolute Gasteiger partial charge is 0.481 e. The number of hydrogen-bond donors (Lipinski definition) is 11. The molecule has 5 atom stereocenters. The minimum absolute atomic E-state index is 0.0631. The molecule has 306 valence electrons. The maximum absolute atomic E-state index is 13.7. The lowest BCUT2D eigenvalue weighted by atomic mass is 10.0. The van der Waals surface area contributed by atoms with Crippen molar-refractivity contribution in [2.45, 2.75) is 83.6 Å². The van der Waals surface area contributed by atoms with Gasteiger partial charge < -0.3 is 58.9 Å². The van der Waals surface area contributed by atoms with Crippen molar-refractivity contribution in [3.8, 4) is 0 Å². The number of aliphatic hydroxyl groups excluding tert-OH is 1. The summed E-state index contributed by atoms with van der Waals surface area (Å²) in [4.78, 5) is 114. The van der Waals surface area contributed by atoms with Crippen LogP contribution in [0.3, 0.4) is 0 Å². The maximum atomic E-state index is 13.7. The molecule has 1 aromatic carbocycles. The molecule has 21 heteroatoms. The van der Waals surface area contributed by atoms with Gasteiger partial charge >= 0.3 is 5.97 Å². The summed E-state index contributed by atoms with van der Waals surface area (Å²) in [5.41, 5.74) is 16.7. The van der Waals surface area contributed by atoms with Gasteiger partial charge in [-0.3, -0.25) is 43.2 Å². The topological polar surface area (TPSA) is 336 Å². The Labute approximate surface area is 323 Å². The number of carbonyl (C=O) groups is 9. The van der Waals surface area contributed by atoms with Gasteiger partial charge in [-0.2, -0.15) is 12.6 Å². The van der Waals surface area contributed by atoms with E-state index in [0.29, 0.717) is 6.42 Å². The van der Waals surface area contributed by atoms with Gasteiger partial charge in [-0.15, -0.1) is 0 Å². The first-order valence-electron chi connectivity index (χ1n) is 17.4. The van der Waals surface area contributed by atoms with Gasteiger partial charge in [-0.25, -0.2) is 0 Å². The zero-order valence-corrected chi connectivity index (χ0v) is 32.1. The van der Waals surface area contributed by atoms with E-state index in [1.165, 1.54) is 24.3 Å². The summed E-state index contributed by atoms with van der Waals surface area (Å²) in [6.07, 6.45) is -1.08. The first-order valence-corrected chi connectivity index (χ1v) is 18.0. The van der Waals surface area contributed by atoms with Crippen LogP contribution in [0, 0.1) is 11.8 Å². The second-order valence-corrected chi connectivity index (χ2v) is 13.8. The Morgan fingerprint density at radius 2 is 1.40 bits per heavy atom. The summed E-state index contributed by atoms with van der Waals surface area (Å²) in [5, 5.41) is 31.1. The Bertz CT molecular complexity index is 1540. The zero-order valence-electron chi connectivity index (χ0n) is 31.2. The molecule has 20 nitrogen and oxygen atoms in total. The molecule has 0 radical (unpaired) electrons. The predicted molar refractivity (Wildman–Crippen MR) is 202 cm³/mol. The van der Waals surface area contributed by atoms with Crippen molar-refractivity contribution in [2.75, 3.05) is 30.3 Å². The summed E-state index contributed by atoms with van der Waals surface area (Å²) in [7, 11) is 0. The molecule has 13 N–H and O–H groups in total. The van der Waals surface area contributed by atoms with Crippen LogP contribution >= 0.6 is 12.6 Å². The third-order valence-electron chi connectivity index (χ3n) is 7.97. The smallest absolute Gasteiger partial charge is 0.305 e. The fourth-order valence-corrected chi connectivity index (χ4v) is 5.11. The molecule has 1 aromatic rings. The lowest BCUT2D eigenvalue weighted by Crippen LogP contribution is -2.57. The quantitative estimate of drug-likeness (QED) is 0.0463. The van der Waals surface area contributed by atoms with Gasteiger partial charge in [0.05, 0.1) is 25.6 Å². The van der Waals surface area contributed by atoms with E-state index >= 15 is 0 Å². The fourth-order valence-electron chi connectivity index (χ4n) is 4.91. The fraction of sp³-hybridized carbons (Fsp3) is 0.559.